The van der Waals surface area contributed by atoms with Gasteiger partial charge in [-0.2, -0.15) is 15.2 Å². The number of nitrogens with zero attached hydrogens (tertiary/aromatic N) is 6. The summed E-state index contributed by atoms with van der Waals surface area (Å²) in [6.07, 6.45) is 4.60. The fourth-order valence-corrected chi connectivity index (χ4v) is 9.55. The molecule has 2 aromatic carbocycles. The first kappa shape index (κ1) is 31.3. The average molecular weight is 694 g/mol. The fourth-order valence-electron chi connectivity index (χ4n) is 8.27. The largest absolute Gasteiger partial charge is 0.488 e. The van der Waals surface area contributed by atoms with Crippen molar-refractivity contribution in [3.05, 3.63) is 34.4 Å². The Bertz CT molecular complexity index is 2050. The molecule has 2 aromatic heterocycles. The second-order valence-corrected chi connectivity index (χ2v) is 14.9. The number of hydrogen-bond acceptors (Lipinski definition) is 10. The number of nitrogen functional groups attached to an aromatic ring is 1. The number of hydrogen-bond donors (Lipinski definition) is 1. The van der Waals surface area contributed by atoms with E-state index in [9.17, 15) is 10.1 Å². The third kappa shape index (κ3) is 4.67. The third-order valence-electron chi connectivity index (χ3n) is 10.5. The predicted octanol–water partition coefficient (Wildman–Crippen LogP) is 5.97. The van der Waals surface area contributed by atoms with Gasteiger partial charge in [0.2, 0.25) is 5.91 Å². The average Bonchev–Trinajstić information content (AvgIpc) is 3.67. The van der Waals surface area contributed by atoms with Crippen LogP contribution in [0.15, 0.2) is 12.1 Å². The van der Waals surface area contributed by atoms with Crippen molar-refractivity contribution < 1.29 is 23.0 Å². The molecule has 1 amide bonds. The van der Waals surface area contributed by atoms with Crippen LogP contribution in [0.4, 0.5) is 19.6 Å². The summed E-state index contributed by atoms with van der Waals surface area (Å²) in [7, 11) is 1.76. The van der Waals surface area contributed by atoms with Crippen molar-refractivity contribution >= 4 is 60.7 Å². The monoisotopic (exact) mass is 693 g/mol. The van der Waals surface area contributed by atoms with Crippen LogP contribution < -0.4 is 20.1 Å². The van der Waals surface area contributed by atoms with Gasteiger partial charge in [-0.05, 0) is 56.2 Å². The van der Waals surface area contributed by atoms with Crippen molar-refractivity contribution in [3.8, 4) is 29.0 Å². The Morgan fingerprint density at radius 3 is 2.83 bits per heavy atom. The smallest absolute Gasteiger partial charge is 0.319 e. The summed E-state index contributed by atoms with van der Waals surface area (Å²) in [6.45, 7) is 5.60. The van der Waals surface area contributed by atoms with Crippen molar-refractivity contribution in [1.29, 1.82) is 5.26 Å². The first-order valence-corrected chi connectivity index (χ1v) is 17.5. The number of ether oxygens (including phenoxy) is 2. The molecule has 4 aliphatic heterocycles. The van der Waals surface area contributed by atoms with Gasteiger partial charge in [0.05, 0.1) is 26.2 Å². The van der Waals surface area contributed by atoms with Gasteiger partial charge >= 0.3 is 6.01 Å². The minimum atomic E-state index is -0.804. The number of carbonyl (C=O) groups excluding carboxylic acids is 1. The normalized spacial score (nSPS) is 24.2. The maximum absolute atomic E-state index is 17.2. The number of nitriles is 1. The predicted molar refractivity (Wildman–Crippen MR) is 181 cm³/mol. The standard InChI is InChI=1S/C34H34ClF2N7O3S/c1-17-12-34(8-5-10-43(34)14-17)16-47-33-40-27-24-28(46-15-21-32(45)42(2)9-3-4-11-44(21)31(24)41-33)25(35)23(26(27)37)18-6-7-20(36)29-22(18)19(13-38)30(39)48-29/h6-7,17,21H,3-5,8-12,14-16,39H2,1-2H3/t17-,21?,34+/m1/s1. The quantitative estimate of drug-likeness (QED) is 0.276. The summed E-state index contributed by atoms with van der Waals surface area (Å²) in [5.41, 5.74) is 5.96. The van der Waals surface area contributed by atoms with Gasteiger partial charge in [-0.15, -0.1) is 11.3 Å². The Kier molecular flexibility index (Phi) is 7.54. The number of halogens is 3. The molecule has 3 saturated heterocycles. The molecule has 6 heterocycles. The van der Waals surface area contributed by atoms with E-state index in [2.05, 4.69) is 16.8 Å². The fraction of sp³-hybridized carbons (Fsp3) is 0.471. The summed E-state index contributed by atoms with van der Waals surface area (Å²) >= 11 is 7.97. The van der Waals surface area contributed by atoms with E-state index in [1.165, 1.54) is 12.1 Å². The van der Waals surface area contributed by atoms with Gasteiger partial charge in [-0.1, -0.05) is 24.6 Å². The zero-order valence-corrected chi connectivity index (χ0v) is 28.2. The van der Waals surface area contributed by atoms with Gasteiger partial charge < -0.3 is 25.0 Å². The number of fused-ring (bicyclic) bond motifs is 4. The molecule has 0 bridgehead atoms. The third-order valence-corrected chi connectivity index (χ3v) is 11.8. The van der Waals surface area contributed by atoms with E-state index < -0.39 is 17.7 Å². The van der Waals surface area contributed by atoms with Gasteiger partial charge in [-0.25, -0.2) is 8.78 Å². The van der Waals surface area contributed by atoms with E-state index in [1.54, 1.807) is 11.9 Å². The van der Waals surface area contributed by atoms with E-state index in [1.807, 2.05) is 11.0 Å². The van der Waals surface area contributed by atoms with Gasteiger partial charge in [0, 0.05) is 37.6 Å². The van der Waals surface area contributed by atoms with Crippen LogP contribution >= 0.6 is 22.9 Å². The highest BCUT2D eigenvalue weighted by molar-refractivity contribution is 7.23. The maximum atomic E-state index is 17.2. The molecule has 0 radical (unpaired) electrons. The summed E-state index contributed by atoms with van der Waals surface area (Å²) in [5, 5.41) is 10.4. The summed E-state index contributed by atoms with van der Waals surface area (Å²) < 4.78 is 45.1. The van der Waals surface area contributed by atoms with E-state index in [0.29, 0.717) is 31.4 Å². The summed E-state index contributed by atoms with van der Waals surface area (Å²) in [5.74, 6) is -0.600. The van der Waals surface area contributed by atoms with E-state index in [-0.39, 0.29) is 77.5 Å². The van der Waals surface area contributed by atoms with Crippen molar-refractivity contribution in [2.45, 2.75) is 50.6 Å². The van der Waals surface area contributed by atoms with E-state index in [4.69, 9.17) is 31.8 Å². The lowest BCUT2D eigenvalue weighted by Gasteiger charge is -2.35. The zero-order valence-electron chi connectivity index (χ0n) is 26.6. The lowest BCUT2D eigenvalue weighted by atomic mass is 9.92. The first-order chi connectivity index (χ1) is 23.1. The molecule has 2 N–H and O–H groups in total. The van der Waals surface area contributed by atoms with Crippen LogP contribution in [0.2, 0.25) is 5.02 Å². The molecule has 0 spiro atoms. The van der Waals surface area contributed by atoms with Crippen LogP contribution in [0.25, 0.3) is 32.1 Å². The molecule has 0 aliphatic carbocycles. The van der Waals surface area contributed by atoms with E-state index >= 15 is 8.78 Å². The van der Waals surface area contributed by atoms with Crippen LogP contribution in [0.1, 0.15) is 44.6 Å². The molecule has 10 nitrogen and oxygen atoms in total. The van der Waals surface area contributed by atoms with Crippen LogP contribution in [0, 0.1) is 28.9 Å². The lowest BCUT2D eigenvalue weighted by molar-refractivity contribution is -0.132. The van der Waals surface area contributed by atoms with Gasteiger partial charge in [-0.3, -0.25) is 9.69 Å². The number of rotatable bonds is 4. The molecule has 3 atom stereocenters. The molecule has 250 valence electrons. The number of nitrogens with two attached hydrogens (primary N) is 1. The van der Waals surface area contributed by atoms with Crippen LogP contribution in [0.5, 0.6) is 11.8 Å². The van der Waals surface area contributed by atoms with Gasteiger partial charge in [0.25, 0.3) is 0 Å². The van der Waals surface area contributed by atoms with Crippen LogP contribution in [0.3, 0.4) is 0 Å². The zero-order chi connectivity index (χ0) is 33.5. The molecule has 4 aromatic rings. The molecule has 14 heteroatoms. The number of carbonyl (C=O) groups is 1. The van der Waals surface area contributed by atoms with Crippen molar-refractivity contribution in [2.24, 2.45) is 5.92 Å². The first-order valence-electron chi connectivity index (χ1n) is 16.3. The topological polar surface area (TPSA) is 121 Å². The Balaban J connectivity index is 1.36. The second-order valence-electron chi connectivity index (χ2n) is 13.5. The molecule has 8 rings (SSSR count). The van der Waals surface area contributed by atoms with Gasteiger partial charge in [0.15, 0.2) is 11.6 Å². The molecular formula is C34H34ClF2N7O3S. The molecular weight excluding hydrogens is 660 g/mol. The van der Waals surface area contributed by atoms with Crippen molar-refractivity contribution in [1.82, 2.24) is 19.8 Å². The van der Waals surface area contributed by atoms with E-state index in [0.717, 1.165) is 56.5 Å². The molecule has 48 heavy (non-hydrogen) atoms. The van der Waals surface area contributed by atoms with Crippen molar-refractivity contribution in [3.63, 3.8) is 0 Å². The van der Waals surface area contributed by atoms with Gasteiger partial charge in [0.1, 0.15) is 47.5 Å². The lowest BCUT2D eigenvalue weighted by Crippen LogP contribution is -2.52. The number of likely N-dealkylation sites (N-methyl/N-ethyl adjacent to an activating group) is 1. The second kappa shape index (κ2) is 11.6. The highest BCUT2D eigenvalue weighted by Crippen LogP contribution is 2.51. The Hall–Kier alpha value is -3.99. The van der Waals surface area contributed by atoms with Crippen LogP contribution in [-0.4, -0.2) is 83.7 Å². The number of benzene rings is 2. The Morgan fingerprint density at radius 1 is 1.21 bits per heavy atom. The molecule has 3 fully saturated rings. The summed E-state index contributed by atoms with van der Waals surface area (Å²) in [4.78, 5) is 29.3. The van der Waals surface area contributed by atoms with Crippen molar-refractivity contribution in [2.75, 3.05) is 57.1 Å². The summed E-state index contributed by atoms with van der Waals surface area (Å²) in [6, 6.07) is 3.86. The number of thiophene rings is 1. The highest BCUT2D eigenvalue weighted by atomic mass is 35.5. The molecule has 4 aliphatic rings. The minimum absolute atomic E-state index is 0.0124. The molecule has 0 saturated carbocycles. The number of aromatic nitrogens is 2. The van der Waals surface area contributed by atoms with Crippen LogP contribution in [-0.2, 0) is 4.79 Å². The Morgan fingerprint density at radius 2 is 2.02 bits per heavy atom. The highest BCUT2D eigenvalue weighted by Gasteiger charge is 2.48. The molecule has 1 unspecified atom stereocenters. The number of anilines is 2. The minimum Gasteiger partial charge on any atom is -0.488 e. The Labute approximate surface area is 285 Å². The number of amides is 1. The maximum Gasteiger partial charge on any atom is 0.319 e. The SMILES string of the molecule is C[C@H]1CN2CCC[C@@]2(COc2nc3c4c(c(Cl)c(-c5ccc(F)c6sc(N)c(C#N)c56)c(F)c4n2)OCC2C(=O)N(C)CCCCN32)C1.